The first-order valence-electron chi connectivity index (χ1n) is 6.79. The number of aliphatic hydroxyl groups excluding tert-OH is 1. The zero-order chi connectivity index (χ0) is 12.9. The van der Waals surface area contributed by atoms with Crippen molar-refractivity contribution in [2.75, 3.05) is 0 Å². The highest BCUT2D eigenvalue weighted by Gasteiger charge is 2.47. The number of hydrogen-bond donors (Lipinski definition) is 2. The molecule has 0 aliphatic heterocycles. The fraction of sp³-hybridized carbons (Fsp3) is 0.867. The van der Waals surface area contributed by atoms with Crippen LogP contribution in [0.5, 0.6) is 0 Å². The first-order chi connectivity index (χ1) is 7.67. The molecule has 0 radical (unpaired) electrons. The molecule has 2 nitrogen and oxygen atoms in total. The molecule has 0 unspecified atom stereocenters. The van der Waals surface area contributed by atoms with Gasteiger partial charge in [0.2, 0.25) is 0 Å². The molecular weight excluding hydrogens is 212 g/mol. The first-order valence-corrected chi connectivity index (χ1v) is 6.79. The molecule has 0 amide bonds. The van der Waals surface area contributed by atoms with Crippen molar-refractivity contribution < 1.29 is 10.2 Å². The fourth-order valence-corrected chi connectivity index (χ4v) is 3.65. The molecule has 0 spiro atoms. The molecule has 0 bridgehead atoms. The summed E-state index contributed by atoms with van der Waals surface area (Å²) in [4.78, 5) is 0. The predicted octanol–water partition coefficient (Wildman–Crippen LogP) is 3.03. The van der Waals surface area contributed by atoms with Crippen molar-refractivity contribution in [3.63, 3.8) is 0 Å². The molecule has 2 rings (SSSR count). The molecule has 2 heteroatoms. The van der Waals surface area contributed by atoms with Crippen LogP contribution in [-0.2, 0) is 0 Å². The lowest BCUT2D eigenvalue weighted by molar-refractivity contribution is 0.00515. The molecule has 1 fully saturated rings. The molecule has 98 valence electrons. The van der Waals surface area contributed by atoms with Crippen LogP contribution >= 0.6 is 0 Å². The standard InChI is InChI=1S/C15H26O2/c1-13(2)11-5-8-15(4,17)10-9-14(11,3)7-6-12(13)16/h5,12,16-17H,6-10H2,1-4H3/t12-,14+,15+/m0/s1. The summed E-state index contributed by atoms with van der Waals surface area (Å²) < 4.78 is 0. The van der Waals surface area contributed by atoms with Gasteiger partial charge >= 0.3 is 0 Å². The summed E-state index contributed by atoms with van der Waals surface area (Å²) in [7, 11) is 0. The van der Waals surface area contributed by atoms with Crippen molar-refractivity contribution in [1.29, 1.82) is 0 Å². The highest BCUT2D eigenvalue weighted by Crippen LogP contribution is 2.55. The maximum Gasteiger partial charge on any atom is 0.0654 e. The van der Waals surface area contributed by atoms with E-state index < -0.39 is 5.60 Å². The molecule has 0 aromatic heterocycles. The lowest BCUT2D eigenvalue weighted by atomic mass is 9.58. The minimum Gasteiger partial charge on any atom is -0.392 e. The van der Waals surface area contributed by atoms with Crippen molar-refractivity contribution in [1.82, 2.24) is 0 Å². The van der Waals surface area contributed by atoms with Crippen LogP contribution in [0.1, 0.15) is 59.8 Å². The normalized spacial score (nSPS) is 45.8. The Morgan fingerprint density at radius 2 is 1.76 bits per heavy atom. The highest BCUT2D eigenvalue weighted by molar-refractivity contribution is 5.27. The van der Waals surface area contributed by atoms with E-state index in [4.69, 9.17) is 0 Å². The minimum atomic E-state index is -0.575. The molecule has 17 heavy (non-hydrogen) atoms. The van der Waals surface area contributed by atoms with Gasteiger partial charge in [0.15, 0.2) is 0 Å². The Morgan fingerprint density at radius 1 is 1.12 bits per heavy atom. The Hall–Kier alpha value is -0.340. The van der Waals surface area contributed by atoms with E-state index in [1.165, 1.54) is 5.57 Å². The SMILES string of the molecule is CC1(C)C2=CC[C@@](C)(O)CC[C@@]2(C)CC[C@@H]1O. The van der Waals surface area contributed by atoms with E-state index in [1.54, 1.807) is 0 Å². The van der Waals surface area contributed by atoms with Crippen molar-refractivity contribution in [2.24, 2.45) is 10.8 Å². The molecule has 0 aromatic rings. The van der Waals surface area contributed by atoms with Gasteiger partial charge in [-0.25, -0.2) is 0 Å². The lowest BCUT2D eigenvalue weighted by Gasteiger charge is -2.48. The Bertz CT molecular complexity index is 341. The van der Waals surface area contributed by atoms with Gasteiger partial charge in [0.05, 0.1) is 11.7 Å². The van der Waals surface area contributed by atoms with E-state index in [0.29, 0.717) is 6.42 Å². The zero-order valence-electron chi connectivity index (χ0n) is 11.6. The summed E-state index contributed by atoms with van der Waals surface area (Å²) in [6.07, 6.45) is 6.48. The quantitative estimate of drug-likeness (QED) is 0.637. The van der Waals surface area contributed by atoms with Gasteiger partial charge in [0, 0.05) is 5.41 Å². The van der Waals surface area contributed by atoms with Crippen LogP contribution in [0, 0.1) is 10.8 Å². The maximum absolute atomic E-state index is 10.2. The van der Waals surface area contributed by atoms with Gasteiger partial charge in [-0.05, 0) is 44.4 Å². The summed E-state index contributed by atoms with van der Waals surface area (Å²) in [6.45, 7) is 8.50. The molecule has 1 saturated carbocycles. The summed E-state index contributed by atoms with van der Waals surface area (Å²) >= 11 is 0. The van der Waals surface area contributed by atoms with Crippen LogP contribution in [-0.4, -0.2) is 21.9 Å². The Kier molecular flexibility index (Phi) is 2.95. The van der Waals surface area contributed by atoms with E-state index >= 15 is 0 Å². The smallest absolute Gasteiger partial charge is 0.0654 e. The summed E-state index contributed by atoms with van der Waals surface area (Å²) in [5, 5.41) is 20.5. The zero-order valence-corrected chi connectivity index (χ0v) is 11.6. The monoisotopic (exact) mass is 238 g/mol. The number of fused-ring (bicyclic) bond motifs is 1. The van der Waals surface area contributed by atoms with E-state index in [2.05, 4.69) is 26.8 Å². The lowest BCUT2D eigenvalue weighted by Crippen LogP contribution is -2.43. The molecule has 2 aliphatic rings. The molecule has 0 aromatic carbocycles. The van der Waals surface area contributed by atoms with E-state index in [9.17, 15) is 10.2 Å². The third-order valence-electron chi connectivity index (χ3n) is 5.11. The van der Waals surface area contributed by atoms with Crippen LogP contribution < -0.4 is 0 Å². The second kappa shape index (κ2) is 3.83. The summed E-state index contributed by atoms with van der Waals surface area (Å²) in [5.74, 6) is 0. The summed E-state index contributed by atoms with van der Waals surface area (Å²) in [6, 6.07) is 0. The van der Waals surface area contributed by atoms with E-state index in [1.807, 2.05) is 6.92 Å². The highest BCUT2D eigenvalue weighted by atomic mass is 16.3. The van der Waals surface area contributed by atoms with E-state index in [-0.39, 0.29) is 16.9 Å². The number of rotatable bonds is 0. The Labute approximate surface area is 105 Å². The van der Waals surface area contributed by atoms with Gasteiger partial charge in [0.25, 0.3) is 0 Å². The molecule has 0 heterocycles. The Balaban J connectivity index is 2.40. The Morgan fingerprint density at radius 3 is 2.41 bits per heavy atom. The van der Waals surface area contributed by atoms with Gasteiger partial charge in [-0.3, -0.25) is 0 Å². The minimum absolute atomic E-state index is 0.145. The molecule has 0 saturated heterocycles. The van der Waals surface area contributed by atoms with Gasteiger partial charge < -0.3 is 10.2 Å². The predicted molar refractivity (Wildman–Crippen MR) is 69.7 cm³/mol. The van der Waals surface area contributed by atoms with Crippen LogP contribution in [0.15, 0.2) is 11.6 Å². The van der Waals surface area contributed by atoms with Gasteiger partial charge in [-0.1, -0.05) is 32.4 Å². The maximum atomic E-state index is 10.2. The molecular formula is C15H26O2. The molecule has 2 N–H and O–H groups in total. The molecule has 3 atom stereocenters. The number of hydrogen-bond acceptors (Lipinski definition) is 2. The van der Waals surface area contributed by atoms with Gasteiger partial charge in [-0.2, -0.15) is 0 Å². The third-order valence-corrected chi connectivity index (χ3v) is 5.11. The van der Waals surface area contributed by atoms with Crippen molar-refractivity contribution >= 4 is 0 Å². The van der Waals surface area contributed by atoms with Gasteiger partial charge in [-0.15, -0.1) is 0 Å². The van der Waals surface area contributed by atoms with Crippen molar-refractivity contribution in [3.8, 4) is 0 Å². The molecule has 2 aliphatic carbocycles. The van der Waals surface area contributed by atoms with Crippen LogP contribution in [0.25, 0.3) is 0 Å². The second-order valence-corrected chi connectivity index (χ2v) is 7.16. The van der Waals surface area contributed by atoms with Crippen molar-refractivity contribution in [2.45, 2.75) is 71.5 Å². The van der Waals surface area contributed by atoms with Crippen LogP contribution in [0.3, 0.4) is 0 Å². The average Bonchev–Trinajstić information content (AvgIpc) is 2.33. The van der Waals surface area contributed by atoms with Crippen LogP contribution in [0.2, 0.25) is 0 Å². The third kappa shape index (κ3) is 2.17. The first kappa shape index (κ1) is 13.1. The fourth-order valence-electron chi connectivity index (χ4n) is 3.65. The van der Waals surface area contributed by atoms with E-state index in [0.717, 1.165) is 25.7 Å². The topological polar surface area (TPSA) is 40.5 Å². The average molecular weight is 238 g/mol. The van der Waals surface area contributed by atoms with Crippen molar-refractivity contribution in [3.05, 3.63) is 11.6 Å². The second-order valence-electron chi connectivity index (χ2n) is 7.16. The van der Waals surface area contributed by atoms with Crippen LogP contribution in [0.4, 0.5) is 0 Å². The largest absolute Gasteiger partial charge is 0.392 e. The number of aliphatic hydroxyl groups is 2. The summed E-state index contributed by atoms with van der Waals surface area (Å²) in [5.41, 5.74) is 0.812. The van der Waals surface area contributed by atoms with Gasteiger partial charge in [0.1, 0.15) is 0 Å².